The van der Waals surface area contributed by atoms with Crippen molar-refractivity contribution in [2.75, 3.05) is 0 Å². The summed E-state index contributed by atoms with van der Waals surface area (Å²) in [5.41, 5.74) is 1.11. The highest BCUT2D eigenvalue weighted by molar-refractivity contribution is 6.55. The second-order valence-corrected chi connectivity index (χ2v) is 3.26. The topological polar surface area (TPSA) is 36.7 Å². The van der Waals surface area contributed by atoms with E-state index in [1.54, 1.807) is 24.5 Å². The Kier molecular flexibility index (Phi) is 14.2. The Balaban J connectivity index is 0. The second-order valence-electron chi connectivity index (χ2n) is 2.16. The lowest BCUT2D eigenvalue weighted by Gasteiger charge is -1.84. The number of rotatable bonds is 1. The third-order valence-corrected chi connectivity index (χ3v) is 1.03. The molecule has 0 aliphatic carbocycles. The molecule has 0 aliphatic rings. The molecule has 0 unspecified atom stereocenters. The summed E-state index contributed by atoms with van der Waals surface area (Å²) in [7, 11) is 0. The lowest BCUT2D eigenvalue weighted by Crippen LogP contribution is -1.69. The van der Waals surface area contributed by atoms with Gasteiger partial charge in [-0.1, -0.05) is 49.0 Å². The van der Waals surface area contributed by atoms with E-state index >= 15 is 0 Å². The van der Waals surface area contributed by atoms with E-state index in [-0.39, 0.29) is 4.49 Å². The van der Waals surface area contributed by atoms with Crippen molar-refractivity contribution in [2.45, 2.75) is 0 Å². The van der Waals surface area contributed by atoms with Crippen LogP contribution in [0, 0.1) is 11.3 Å². The zero-order valence-corrected chi connectivity index (χ0v) is 10.2. The van der Waals surface area contributed by atoms with Gasteiger partial charge < -0.3 is 0 Å². The summed E-state index contributed by atoms with van der Waals surface area (Å²) < 4.78 is 0.111. The highest BCUT2D eigenvalue weighted by Crippen LogP contribution is 1.98. The van der Waals surface area contributed by atoms with E-state index in [0.717, 1.165) is 5.56 Å². The average Bonchev–Trinajstić information content (AvgIpc) is 2.30. The van der Waals surface area contributed by atoms with Crippen LogP contribution in [0.15, 0.2) is 54.8 Å². The predicted octanol–water partition coefficient (Wildman–Crippen LogP) is 4.36. The Morgan fingerprint density at radius 3 is 1.88 bits per heavy atom. The van der Waals surface area contributed by atoms with Crippen molar-refractivity contribution < 1.29 is 0 Å². The SMILES string of the molecule is C=C(Cl)Cl.C=CC#N.C=Cc1ccncc1. The maximum absolute atomic E-state index is 7.51. The standard InChI is InChI=1S/C7H7N.C3H3N.C2H2Cl2/c1-2-7-3-5-8-6-4-7;1-2-3-4;1-2(3)4/h2-6H,1H2;2H,1H2;1H2. The summed E-state index contributed by atoms with van der Waals surface area (Å²) in [6, 6.07) is 5.51. The molecule has 16 heavy (non-hydrogen) atoms. The number of aromatic nitrogens is 1. The summed E-state index contributed by atoms with van der Waals surface area (Å²) in [5.74, 6) is 0. The van der Waals surface area contributed by atoms with Crippen LogP contribution in [0.2, 0.25) is 0 Å². The molecule has 0 amide bonds. The summed E-state index contributed by atoms with van der Waals surface area (Å²) in [6.07, 6.45) is 6.47. The van der Waals surface area contributed by atoms with Gasteiger partial charge in [0.1, 0.15) is 0 Å². The van der Waals surface area contributed by atoms with Crippen LogP contribution in [0.25, 0.3) is 6.08 Å². The average molecular weight is 255 g/mol. The fourth-order valence-corrected chi connectivity index (χ4v) is 0.500. The van der Waals surface area contributed by atoms with E-state index in [1.807, 2.05) is 12.1 Å². The summed E-state index contributed by atoms with van der Waals surface area (Å²) in [5, 5.41) is 7.51. The molecule has 84 valence electrons. The van der Waals surface area contributed by atoms with Crippen LogP contribution in [0.1, 0.15) is 5.56 Å². The second kappa shape index (κ2) is 13.4. The van der Waals surface area contributed by atoms with Gasteiger partial charge in [-0.05, 0) is 17.7 Å². The van der Waals surface area contributed by atoms with Gasteiger partial charge in [0.05, 0.1) is 10.6 Å². The largest absolute Gasteiger partial charge is 0.265 e. The first-order valence-corrected chi connectivity index (χ1v) is 4.87. The molecule has 0 aliphatic heterocycles. The molecule has 0 saturated carbocycles. The quantitative estimate of drug-likeness (QED) is 0.699. The molecule has 0 aromatic carbocycles. The Hall–Kier alpha value is -1.56. The van der Waals surface area contributed by atoms with Crippen molar-refractivity contribution in [1.29, 1.82) is 5.26 Å². The third kappa shape index (κ3) is 18.3. The van der Waals surface area contributed by atoms with E-state index in [4.69, 9.17) is 28.5 Å². The number of pyridine rings is 1. The van der Waals surface area contributed by atoms with Crippen LogP contribution in [-0.2, 0) is 0 Å². The van der Waals surface area contributed by atoms with Gasteiger partial charge in [-0.25, -0.2) is 0 Å². The number of halogens is 2. The van der Waals surface area contributed by atoms with Crippen LogP contribution in [0.4, 0.5) is 0 Å². The monoisotopic (exact) mass is 254 g/mol. The van der Waals surface area contributed by atoms with Crippen LogP contribution >= 0.6 is 23.2 Å². The molecule has 0 atom stereocenters. The third-order valence-electron chi connectivity index (χ3n) is 1.03. The maximum Gasteiger partial charge on any atom is 0.0992 e. The lowest BCUT2D eigenvalue weighted by molar-refractivity contribution is 1.32. The molecule has 0 radical (unpaired) electrons. The molecule has 1 aromatic heterocycles. The van der Waals surface area contributed by atoms with Crippen molar-refractivity contribution >= 4 is 29.3 Å². The molecule has 0 fully saturated rings. The number of nitrogens with zero attached hydrogens (tertiary/aromatic N) is 2. The van der Waals surface area contributed by atoms with Gasteiger partial charge in [-0.2, -0.15) is 5.26 Å². The molecule has 1 rings (SSSR count). The Morgan fingerprint density at radius 1 is 1.31 bits per heavy atom. The van der Waals surface area contributed by atoms with Crippen molar-refractivity contribution in [3.63, 3.8) is 0 Å². The lowest BCUT2D eigenvalue weighted by atomic mass is 10.3. The van der Waals surface area contributed by atoms with Crippen molar-refractivity contribution in [2.24, 2.45) is 0 Å². The van der Waals surface area contributed by atoms with E-state index in [9.17, 15) is 0 Å². The van der Waals surface area contributed by atoms with Crippen molar-refractivity contribution in [3.05, 3.63) is 60.4 Å². The van der Waals surface area contributed by atoms with Gasteiger partial charge >= 0.3 is 0 Å². The Bertz CT molecular complexity index is 349. The number of nitriles is 1. The molecule has 0 saturated heterocycles. The van der Waals surface area contributed by atoms with Gasteiger partial charge in [0.15, 0.2) is 0 Å². The number of hydrogen-bond acceptors (Lipinski definition) is 2. The molecular weight excluding hydrogens is 243 g/mol. The van der Waals surface area contributed by atoms with E-state index in [1.165, 1.54) is 6.08 Å². The van der Waals surface area contributed by atoms with Crippen LogP contribution in [-0.4, -0.2) is 4.98 Å². The van der Waals surface area contributed by atoms with Crippen molar-refractivity contribution in [3.8, 4) is 6.07 Å². The molecular formula is C12H12Cl2N2. The molecule has 0 spiro atoms. The molecule has 0 bridgehead atoms. The molecule has 1 heterocycles. The minimum atomic E-state index is 0.111. The summed E-state index contributed by atoms with van der Waals surface area (Å²) in [6.45, 7) is 9.81. The highest BCUT2D eigenvalue weighted by Gasteiger charge is 1.76. The van der Waals surface area contributed by atoms with Crippen LogP contribution < -0.4 is 0 Å². The van der Waals surface area contributed by atoms with E-state index < -0.39 is 0 Å². The minimum absolute atomic E-state index is 0.111. The van der Waals surface area contributed by atoms with E-state index in [2.05, 4.69) is 24.7 Å². The Labute approximate surface area is 106 Å². The first-order chi connectivity index (χ1) is 7.58. The van der Waals surface area contributed by atoms with Gasteiger partial charge in [-0.15, -0.1) is 0 Å². The maximum atomic E-state index is 7.51. The number of allylic oxidation sites excluding steroid dienone is 1. The van der Waals surface area contributed by atoms with Gasteiger partial charge in [0.25, 0.3) is 0 Å². The zero-order valence-electron chi connectivity index (χ0n) is 8.74. The van der Waals surface area contributed by atoms with Gasteiger partial charge in [0, 0.05) is 18.5 Å². The summed E-state index contributed by atoms with van der Waals surface area (Å²) >= 11 is 9.69. The van der Waals surface area contributed by atoms with Gasteiger partial charge in [-0.3, -0.25) is 4.98 Å². The fraction of sp³-hybridized carbons (Fsp3) is 0. The molecule has 2 nitrogen and oxygen atoms in total. The van der Waals surface area contributed by atoms with Gasteiger partial charge in [0.2, 0.25) is 0 Å². The predicted molar refractivity (Wildman–Crippen MR) is 71.0 cm³/mol. The zero-order chi connectivity index (χ0) is 12.8. The van der Waals surface area contributed by atoms with E-state index in [0.29, 0.717) is 0 Å². The highest BCUT2D eigenvalue weighted by atomic mass is 35.5. The molecule has 0 N–H and O–H groups in total. The number of hydrogen-bond donors (Lipinski definition) is 0. The van der Waals surface area contributed by atoms with Crippen LogP contribution in [0.5, 0.6) is 0 Å². The normalized spacial score (nSPS) is 6.81. The first-order valence-electron chi connectivity index (χ1n) is 4.11. The van der Waals surface area contributed by atoms with Crippen molar-refractivity contribution in [1.82, 2.24) is 4.98 Å². The molecule has 1 aromatic rings. The fourth-order valence-electron chi connectivity index (χ4n) is 0.500. The Morgan fingerprint density at radius 2 is 1.69 bits per heavy atom. The minimum Gasteiger partial charge on any atom is -0.265 e. The van der Waals surface area contributed by atoms with Crippen LogP contribution in [0.3, 0.4) is 0 Å². The smallest absolute Gasteiger partial charge is 0.0992 e. The summed E-state index contributed by atoms with van der Waals surface area (Å²) in [4.78, 5) is 3.85. The molecule has 4 heteroatoms. The first kappa shape index (κ1) is 16.9.